The highest BCUT2D eigenvalue weighted by Gasteiger charge is 2.56. The first kappa shape index (κ1) is 43.5. The average Bonchev–Trinajstić information content (AvgIpc) is 2.97. The minimum atomic E-state index is -0.666. The number of carbonyl (C=O) groups excluding carboxylic acids is 2. The molecule has 0 saturated heterocycles. The zero-order chi connectivity index (χ0) is 36.9. The van der Waals surface area contributed by atoms with E-state index in [1.165, 1.54) is 43.9 Å². The van der Waals surface area contributed by atoms with Crippen LogP contribution in [-0.2, 0) is 19.8 Å². The van der Waals surface area contributed by atoms with E-state index < -0.39 is 5.97 Å². The summed E-state index contributed by atoms with van der Waals surface area (Å²) >= 11 is 0. The zero-order valence-corrected chi connectivity index (χ0v) is 33.1. The van der Waals surface area contributed by atoms with Gasteiger partial charge in [0.05, 0.1) is 5.92 Å². The Morgan fingerprint density at radius 2 is 1.50 bits per heavy atom. The number of aliphatic carboxylic acids is 1. The third kappa shape index (κ3) is 12.8. The number of ketones is 1. The Morgan fingerprint density at radius 3 is 1.94 bits per heavy atom. The molecule has 1 N–H and O–H groups in total. The summed E-state index contributed by atoms with van der Waals surface area (Å²) in [5.41, 5.74) is 4.12. The lowest BCUT2D eigenvalue weighted by Crippen LogP contribution is -2.51. The van der Waals surface area contributed by atoms with Crippen molar-refractivity contribution in [2.45, 2.75) is 184 Å². The Hall–Kier alpha value is -2.50. The van der Waals surface area contributed by atoms with Gasteiger partial charge in [0, 0.05) is 29.5 Å². The molecule has 1 aromatic rings. The summed E-state index contributed by atoms with van der Waals surface area (Å²) in [6.45, 7) is 27.8. The molecular weight excluding hydrogens is 598 g/mol. The van der Waals surface area contributed by atoms with Crippen molar-refractivity contribution >= 4 is 24.1 Å². The monoisotopic (exact) mass is 670 g/mol. The standard InChI is InChI=1S/C27H45NO.C11H16O3.C2H4O.C2H6/c1-10-12-13-14-22-24(29-27(8,9)11-2)21(25(3,4)5)19-23(28-22)20-15-17-26(6,7)18-16-20;1-2-9(12)7-3-11(4-7)5-8(6-11)10(13)14;1-2-3;1-2/h13-14,19-20H,10-12,15-18H2,1-9H3;7-8H,2-6H2,1H3,(H,13,14);2H,1H3;1-2H3/b14-13+;;;. The number of allylic oxidation sites excluding steroid dienone is 1. The second-order valence-electron chi connectivity index (χ2n) is 16.5. The first-order chi connectivity index (χ1) is 22.4. The molecule has 0 aromatic carbocycles. The maximum absolute atomic E-state index is 11.3. The molecule has 274 valence electrons. The zero-order valence-electron chi connectivity index (χ0n) is 33.1. The fourth-order valence-corrected chi connectivity index (χ4v) is 6.96. The number of Topliss-reactive ketones (excluding diaryl/α,β-unsaturated/α-hetero) is 1. The third-order valence-electron chi connectivity index (χ3n) is 10.4. The van der Waals surface area contributed by atoms with Crippen LogP contribution in [0.1, 0.15) is 190 Å². The maximum Gasteiger partial charge on any atom is 0.306 e. The van der Waals surface area contributed by atoms with E-state index in [1.807, 2.05) is 20.8 Å². The minimum absolute atomic E-state index is 0.0120. The number of carbonyl (C=O) groups is 3. The van der Waals surface area contributed by atoms with Crippen LogP contribution < -0.4 is 4.74 Å². The van der Waals surface area contributed by atoms with Crippen molar-refractivity contribution in [3.8, 4) is 5.75 Å². The van der Waals surface area contributed by atoms with Gasteiger partial charge in [-0.05, 0) is 113 Å². The molecular formula is C42H71NO5. The predicted molar refractivity (Wildman–Crippen MR) is 201 cm³/mol. The number of rotatable bonds is 10. The second-order valence-corrected chi connectivity index (χ2v) is 16.5. The van der Waals surface area contributed by atoms with Crippen LogP contribution in [-0.4, -0.2) is 33.7 Å². The number of carboxylic acids is 1. The van der Waals surface area contributed by atoms with Crippen LogP contribution in [0.5, 0.6) is 5.75 Å². The van der Waals surface area contributed by atoms with Crippen molar-refractivity contribution < 1.29 is 24.2 Å². The third-order valence-corrected chi connectivity index (χ3v) is 10.4. The fourth-order valence-electron chi connectivity index (χ4n) is 6.96. The summed E-state index contributed by atoms with van der Waals surface area (Å²) in [4.78, 5) is 35.9. The van der Waals surface area contributed by atoms with Crippen LogP contribution in [0.4, 0.5) is 0 Å². The molecule has 3 fully saturated rings. The molecule has 3 aliphatic carbocycles. The molecule has 48 heavy (non-hydrogen) atoms. The molecule has 0 aliphatic heterocycles. The van der Waals surface area contributed by atoms with Gasteiger partial charge in [-0.15, -0.1) is 0 Å². The Kier molecular flexibility index (Phi) is 17.3. The molecule has 0 bridgehead atoms. The molecule has 0 atom stereocenters. The highest BCUT2D eigenvalue weighted by molar-refractivity contribution is 5.82. The molecule has 6 heteroatoms. The quantitative estimate of drug-likeness (QED) is 0.249. The number of ether oxygens (including phenoxy) is 1. The van der Waals surface area contributed by atoms with E-state index in [9.17, 15) is 9.59 Å². The van der Waals surface area contributed by atoms with Gasteiger partial charge in [-0.1, -0.05) is 81.7 Å². The summed E-state index contributed by atoms with van der Waals surface area (Å²) in [5.74, 6) is 1.35. The van der Waals surface area contributed by atoms with E-state index in [4.69, 9.17) is 19.6 Å². The number of unbranched alkanes of at least 4 members (excludes halogenated alkanes) is 1. The lowest BCUT2D eigenvalue weighted by molar-refractivity contribution is -0.160. The van der Waals surface area contributed by atoms with Gasteiger partial charge in [0.2, 0.25) is 0 Å². The van der Waals surface area contributed by atoms with Gasteiger partial charge >= 0.3 is 5.97 Å². The smallest absolute Gasteiger partial charge is 0.306 e. The molecule has 6 nitrogen and oxygen atoms in total. The van der Waals surface area contributed by atoms with Crippen LogP contribution in [0.3, 0.4) is 0 Å². The number of aromatic nitrogens is 1. The Morgan fingerprint density at radius 1 is 0.979 bits per heavy atom. The number of hydrogen-bond acceptors (Lipinski definition) is 5. The van der Waals surface area contributed by atoms with Gasteiger partial charge in [-0.2, -0.15) is 0 Å². The largest absolute Gasteiger partial charge is 0.485 e. The van der Waals surface area contributed by atoms with Crippen molar-refractivity contribution in [3.63, 3.8) is 0 Å². The van der Waals surface area contributed by atoms with Gasteiger partial charge in [-0.25, -0.2) is 4.98 Å². The van der Waals surface area contributed by atoms with Gasteiger partial charge in [0.15, 0.2) is 0 Å². The first-order valence-corrected chi connectivity index (χ1v) is 18.9. The van der Waals surface area contributed by atoms with Gasteiger partial charge in [-0.3, -0.25) is 9.59 Å². The molecule has 1 heterocycles. The van der Waals surface area contributed by atoms with Gasteiger partial charge in [0.25, 0.3) is 0 Å². The summed E-state index contributed by atoms with van der Waals surface area (Å²) < 4.78 is 6.63. The molecule has 0 unspecified atom stereocenters. The Labute approximate surface area is 294 Å². The van der Waals surface area contributed by atoms with Crippen molar-refractivity contribution in [1.29, 1.82) is 0 Å². The molecule has 1 aromatic heterocycles. The fraction of sp³-hybridized carbons (Fsp3) is 0.762. The van der Waals surface area contributed by atoms with Gasteiger partial charge in [0.1, 0.15) is 29.1 Å². The topological polar surface area (TPSA) is 93.6 Å². The van der Waals surface area contributed by atoms with Gasteiger partial charge < -0.3 is 14.6 Å². The van der Waals surface area contributed by atoms with E-state index in [2.05, 4.69) is 80.5 Å². The Bertz CT molecular complexity index is 1180. The van der Waals surface area contributed by atoms with Crippen molar-refractivity contribution in [3.05, 3.63) is 29.1 Å². The molecule has 0 radical (unpaired) electrons. The SMILES string of the molecule is CC.CC=O.CCC(=O)C1CC2(CC(C(=O)O)C2)C1.CCC/C=C/c1nc(C2CCC(C)(C)CC2)cc(C(C)(C)C)c1OC(C)(C)CC. The van der Waals surface area contributed by atoms with Crippen molar-refractivity contribution in [1.82, 2.24) is 4.98 Å². The van der Waals surface area contributed by atoms with E-state index >= 15 is 0 Å². The molecule has 3 saturated carbocycles. The summed E-state index contributed by atoms with van der Waals surface area (Å²) in [7, 11) is 0. The average molecular weight is 670 g/mol. The summed E-state index contributed by atoms with van der Waals surface area (Å²) in [6.07, 6.45) is 17.6. The number of hydrogen-bond donors (Lipinski definition) is 1. The van der Waals surface area contributed by atoms with Crippen LogP contribution >= 0.6 is 0 Å². The lowest BCUT2D eigenvalue weighted by atomic mass is 9.47. The van der Waals surface area contributed by atoms with E-state index in [1.54, 1.807) is 0 Å². The normalized spacial score (nSPS) is 23.2. The second kappa shape index (κ2) is 19.0. The highest BCUT2D eigenvalue weighted by atomic mass is 16.5. The predicted octanol–water partition coefficient (Wildman–Crippen LogP) is 11.5. The number of nitrogens with zero attached hydrogens (tertiary/aromatic N) is 1. The van der Waals surface area contributed by atoms with Crippen LogP contribution in [0.2, 0.25) is 0 Å². The van der Waals surface area contributed by atoms with Crippen LogP contribution in [0.15, 0.2) is 12.1 Å². The maximum atomic E-state index is 11.3. The van der Waals surface area contributed by atoms with Crippen molar-refractivity contribution in [2.24, 2.45) is 22.7 Å². The highest BCUT2D eigenvalue weighted by Crippen LogP contribution is 2.61. The van der Waals surface area contributed by atoms with E-state index in [-0.39, 0.29) is 28.3 Å². The van der Waals surface area contributed by atoms with Crippen LogP contribution in [0, 0.1) is 22.7 Å². The number of carboxylic acid groups (broad SMARTS) is 1. The molecule has 4 rings (SSSR count). The van der Waals surface area contributed by atoms with E-state index in [0.717, 1.165) is 62.7 Å². The minimum Gasteiger partial charge on any atom is -0.485 e. The lowest BCUT2D eigenvalue weighted by Gasteiger charge is -2.56. The Balaban J connectivity index is 0.000000501. The summed E-state index contributed by atoms with van der Waals surface area (Å²) in [5, 5.41) is 8.74. The number of aldehydes is 1. The first-order valence-electron chi connectivity index (χ1n) is 18.9. The summed E-state index contributed by atoms with van der Waals surface area (Å²) in [6, 6.07) is 2.36. The van der Waals surface area contributed by atoms with E-state index in [0.29, 0.717) is 23.5 Å². The number of pyridine rings is 1. The molecule has 0 amide bonds. The molecule has 3 aliphatic rings. The molecule has 1 spiro atoms. The van der Waals surface area contributed by atoms with Crippen LogP contribution in [0.25, 0.3) is 6.08 Å². The van der Waals surface area contributed by atoms with Crippen molar-refractivity contribution in [2.75, 3.05) is 0 Å².